The van der Waals surface area contributed by atoms with Crippen LogP contribution in [0.1, 0.15) is 15.9 Å². The number of hydrogen-bond donors (Lipinski definition) is 0. The SMILES string of the molecule is O=C(/C(=C/c1cccc([N+](=O)[O-])c1)n1cncn1)c1ccc(Cl)cc1Cl. The number of carbonyl (C=O) groups is 1. The Morgan fingerprint density at radius 1 is 1.19 bits per heavy atom. The lowest BCUT2D eigenvalue weighted by Gasteiger charge is -2.08. The summed E-state index contributed by atoms with van der Waals surface area (Å²) < 4.78 is 1.27. The highest BCUT2D eigenvalue weighted by atomic mass is 35.5. The van der Waals surface area contributed by atoms with E-state index in [1.165, 1.54) is 53.7 Å². The summed E-state index contributed by atoms with van der Waals surface area (Å²) >= 11 is 12.0. The third kappa shape index (κ3) is 3.79. The van der Waals surface area contributed by atoms with Crippen LogP contribution >= 0.6 is 23.2 Å². The summed E-state index contributed by atoms with van der Waals surface area (Å²) in [6, 6.07) is 10.4. The van der Waals surface area contributed by atoms with Crippen molar-refractivity contribution >= 4 is 46.4 Å². The molecule has 7 nitrogen and oxygen atoms in total. The Morgan fingerprint density at radius 3 is 2.65 bits per heavy atom. The fraction of sp³-hybridized carbons (Fsp3) is 0. The van der Waals surface area contributed by atoms with Gasteiger partial charge in [0.05, 0.1) is 9.95 Å². The molecule has 0 saturated carbocycles. The fourth-order valence-electron chi connectivity index (χ4n) is 2.27. The van der Waals surface area contributed by atoms with Crippen LogP contribution in [-0.2, 0) is 0 Å². The Balaban J connectivity index is 2.10. The number of non-ortho nitro benzene ring substituents is 1. The van der Waals surface area contributed by atoms with Crippen molar-refractivity contribution < 1.29 is 9.72 Å². The molecular weight excluding hydrogens is 379 g/mol. The molecule has 0 aliphatic rings. The smallest absolute Gasteiger partial charge is 0.270 e. The number of benzene rings is 2. The molecule has 1 aromatic heterocycles. The zero-order valence-electron chi connectivity index (χ0n) is 13.0. The van der Waals surface area contributed by atoms with Crippen molar-refractivity contribution in [3.05, 3.63) is 86.4 Å². The third-order valence-electron chi connectivity index (χ3n) is 3.46. The van der Waals surface area contributed by atoms with Crippen LogP contribution < -0.4 is 0 Å². The molecule has 1 heterocycles. The first kappa shape index (κ1) is 17.8. The number of nitro groups is 1. The highest BCUT2D eigenvalue weighted by Crippen LogP contribution is 2.26. The van der Waals surface area contributed by atoms with Gasteiger partial charge in [-0.05, 0) is 29.8 Å². The molecule has 0 saturated heterocycles. The monoisotopic (exact) mass is 388 g/mol. The van der Waals surface area contributed by atoms with Crippen molar-refractivity contribution in [2.45, 2.75) is 0 Å². The Bertz CT molecular complexity index is 1020. The molecule has 0 aliphatic carbocycles. The van der Waals surface area contributed by atoms with Gasteiger partial charge < -0.3 is 0 Å². The van der Waals surface area contributed by atoms with Gasteiger partial charge in [-0.3, -0.25) is 14.9 Å². The first-order valence-corrected chi connectivity index (χ1v) is 8.02. The quantitative estimate of drug-likeness (QED) is 0.280. The van der Waals surface area contributed by atoms with Gasteiger partial charge >= 0.3 is 0 Å². The highest BCUT2D eigenvalue weighted by molar-refractivity contribution is 6.40. The van der Waals surface area contributed by atoms with E-state index in [9.17, 15) is 14.9 Å². The molecule has 0 N–H and O–H groups in total. The summed E-state index contributed by atoms with van der Waals surface area (Å²) in [5.74, 6) is -0.427. The highest BCUT2D eigenvalue weighted by Gasteiger charge is 2.19. The standard InChI is InChI=1S/C17H10Cl2N4O3/c18-12-4-5-14(15(19)8-12)17(24)16(22-10-20-9-21-22)7-11-2-1-3-13(6-11)23(25)26/h1-10H/b16-7-. The molecule has 0 spiro atoms. The number of nitro benzene ring substituents is 1. The molecule has 0 unspecified atom stereocenters. The summed E-state index contributed by atoms with van der Waals surface area (Å²) in [6.07, 6.45) is 4.11. The molecule has 130 valence electrons. The number of ketones is 1. The first-order valence-electron chi connectivity index (χ1n) is 7.26. The van der Waals surface area contributed by atoms with Crippen LogP contribution in [0.15, 0.2) is 55.1 Å². The molecule has 0 aliphatic heterocycles. The van der Waals surface area contributed by atoms with E-state index in [0.717, 1.165) is 0 Å². The van der Waals surface area contributed by atoms with Gasteiger partial charge in [-0.1, -0.05) is 35.3 Å². The average Bonchev–Trinajstić information content (AvgIpc) is 3.13. The Labute approximate surface area is 157 Å². The van der Waals surface area contributed by atoms with Gasteiger partial charge in [0.25, 0.3) is 5.69 Å². The van der Waals surface area contributed by atoms with E-state index >= 15 is 0 Å². The van der Waals surface area contributed by atoms with E-state index < -0.39 is 10.7 Å². The van der Waals surface area contributed by atoms with Crippen LogP contribution in [0.5, 0.6) is 0 Å². The Morgan fingerprint density at radius 2 is 2.00 bits per heavy atom. The minimum Gasteiger partial charge on any atom is -0.287 e. The van der Waals surface area contributed by atoms with E-state index in [1.807, 2.05) is 0 Å². The number of allylic oxidation sites excluding steroid dienone is 1. The fourth-order valence-corrected chi connectivity index (χ4v) is 2.76. The summed E-state index contributed by atoms with van der Waals surface area (Å²) in [7, 11) is 0. The van der Waals surface area contributed by atoms with Crippen molar-refractivity contribution in [1.82, 2.24) is 14.8 Å². The lowest BCUT2D eigenvalue weighted by atomic mass is 10.1. The third-order valence-corrected chi connectivity index (χ3v) is 4.01. The van der Waals surface area contributed by atoms with Crippen molar-refractivity contribution in [2.24, 2.45) is 0 Å². The molecule has 0 fully saturated rings. The Kier molecular flexibility index (Phi) is 5.11. The van der Waals surface area contributed by atoms with Gasteiger partial charge in [-0.15, -0.1) is 0 Å². The number of hydrogen-bond acceptors (Lipinski definition) is 5. The molecular formula is C17H10Cl2N4O3. The van der Waals surface area contributed by atoms with Crippen LogP contribution in [0.2, 0.25) is 10.0 Å². The van der Waals surface area contributed by atoms with Crippen LogP contribution in [0, 0.1) is 10.1 Å². The van der Waals surface area contributed by atoms with E-state index in [4.69, 9.17) is 23.2 Å². The zero-order valence-corrected chi connectivity index (χ0v) is 14.6. The van der Waals surface area contributed by atoms with Gasteiger partial charge in [-0.2, -0.15) is 5.10 Å². The number of carbonyl (C=O) groups excluding carboxylic acids is 1. The lowest BCUT2D eigenvalue weighted by Crippen LogP contribution is -2.10. The zero-order chi connectivity index (χ0) is 18.7. The van der Waals surface area contributed by atoms with Crippen molar-refractivity contribution in [3.63, 3.8) is 0 Å². The second kappa shape index (κ2) is 7.47. The number of rotatable bonds is 5. The van der Waals surface area contributed by atoms with Crippen LogP contribution in [-0.4, -0.2) is 25.5 Å². The van der Waals surface area contributed by atoms with Crippen LogP contribution in [0.25, 0.3) is 11.8 Å². The molecule has 3 aromatic rings. The molecule has 0 radical (unpaired) electrons. The number of halogens is 2. The summed E-state index contributed by atoms with van der Waals surface area (Å²) in [4.78, 5) is 27.3. The second-order valence-electron chi connectivity index (χ2n) is 5.18. The number of aromatic nitrogens is 3. The molecule has 3 rings (SSSR count). The van der Waals surface area contributed by atoms with E-state index in [-0.39, 0.29) is 22.0 Å². The van der Waals surface area contributed by atoms with Crippen molar-refractivity contribution in [1.29, 1.82) is 0 Å². The maximum Gasteiger partial charge on any atom is 0.270 e. The second-order valence-corrected chi connectivity index (χ2v) is 6.02. The van der Waals surface area contributed by atoms with E-state index in [2.05, 4.69) is 10.1 Å². The van der Waals surface area contributed by atoms with Crippen LogP contribution in [0.3, 0.4) is 0 Å². The molecule has 0 amide bonds. The predicted octanol–water partition coefficient (Wildman–Crippen LogP) is 4.37. The molecule has 0 bridgehead atoms. The van der Waals surface area contributed by atoms with Gasteiger partial charge in [0.2, 0.25) is 5.78 Å². The topological polar surface area (TPSA) is 90.9 Å². The predicted molar refractivity (Wildman–Crippen MR) is 98.1 cm³/mol. The maximum atomic E-state index is 13.0. The molecule has 0 atom stereocenters. The summed E-state index contributed by atoms with van der Waals surface area (Å²) in [5.41, 5.74) is 0.729. The average molecular weight is 389 g/mol. The largest absolute Gasteiger partial charge is 0.287 e. The molecule has 26 heavy (non-hydrogen) atoms. The summed E-state index contributed by atoms with van der Waals surface area (Å²) in [5, 5.41) is 15.5. The van der Waals surface area contributed by atoms with Crippen molar-refractivity contribution in [2.75, 3.05) is 0 Å². The maximum absolute atomic E-state index is 13.0. The number of Topliss-reactive ketones (excluding diaryl/α,β-unsaturated/α-hetero) is 1. The van der Waals surface area contributed by atoms with Gasteiger partial charge in [0.15, 0.2) is 0 Å². The van der Waals surface area contributed by atoms with Crippen LogP contribution in [0.4, 0.5) is 5.69 Å². The minimum atomic E-state index is -0.510. The minimum absolute atomic E-state index is 0.0892. The van der Waals surface area contributed by atoms with Crippen molar-refractivity contribution in [3.8, 4) is 0 Å². The van der Waals surface area contributed by atoms with Gasteiger partial charge in [0, 0.05) is 22.7 Å². The molecule has 2 aromatic carbocycles. The van der Waals surface area contributed by atoms with Gasteiger partial charge in [-0.25, -0.2) is 9.67 Å². The Hall–Kier alpha value is -3.03. The first-order chi connectivity index (χ1) is 12.5. The molecule has 9 heteroatoms. The summed E-state index contributed by atoms with van der Waals surface area (Å²) in [6.45, 7) is 0. The van der Waals surface area contributed by atoms with E-state index in [0.29, 0.717) is 10.6 Å². The van der Waals surface area contributed by atoms with E-state index in [1.54, 1.807) is 12.1 Å². The number of nitrogens with zero attached hydrogens (tertiary/aromatic N) is 4. The normalized spacial score (nSPS) is 11.4. The van der Waals surface area contributed by atoms with Gasteiger partial charge in [0.1, 0.15) is 18.4 Å². The lowest BCUT2D eigenvalue weighted by molar-refractivity contribution is -0.384.